The maximum Gasteiger partial charge on any atom is 0.258 e. The van der Waals surface area contributed by atoms with Crippen LogP contribution in [0.4, 0.5) is 5.69 Å². The fourth-order valence-electron chi connectivity index (χ4n) is 3.03. The van der Waals surface area contributed by atoms with Crippen molar-refractivity contribution in [3.05, 3.63) is 53.6 Å². The summed E-state index contributed by atoms with van der Waals surface area (Å²) in [6.07, 6.45) is 1.88. The van der Waals surface area contributed by atoms with Gasteiger partial charge in [0.25, 0.3) is 5.91 Å². The maximum absolute atomic E-state index is 12.9. The zero-order valence-corrected chi connectivity index (χ0v) is 15.1. The number of fused-ring (bicyclic) bond motifs is 1. The van der Waals surface area contributed by atoms with E-state index in [4.69, 9.17) is 9.47 Å². The molecule has 1 aliphatic rings. The third-order valence-corrected chi connectivity index (χ3v) is 4.50. The number of amides is 1. The largest absolute Gasteiger partial charge is 0.493 e. The van der Waals surface area contributed by atoms with E-state index in [2.05, 4.69) is 19.9 Å². The Balaban J connectivity index is 1.78. The van der Waals surface area contributed by atoms with Crippen molar-refractivity contribution in [3.63, 3.8) is 0 Å². The summed E-state index contributed by atoms with van der Waals surface area (Å²) in [4.78, 5) is 14.8. The lowest BCUT2D eigenvalue weighted by atomic mass is 10.1. The Morgan fingerprint density at radius 1 is 1.16 bits per heavy atom. The minimum atomic E-state index is -0.00280. The molecule has 4 nitrogen and oxygen atoms in total. The fourth-order valence-corrected chi connectivity index (χ4v) is 3.03. The van der Waals surface area contributed by atoms with Gasteiger partial charge in [0.1, 0.15) is 0 Å². The first-order chi connectivity index (χ1) is 12.1. The number of para-hydroxylation sites is 1. The zero-order valence-electron chi connectivity index (χ0n) is 15.1. The highest BCUT2D eigenvalue weighted by atomic mass is 16.5. The minimum absolute atomic E-state index is 0.00280. The van der Waals surface area contributed by atoms with Crippen LogP contribution < -0.4 is 14.4 Å². The van der Waals surface area contributed by atoms with Gasteiger partial charge in [-0.15, -0.1) is 0 Å². The first-order valence-electron chi connectivity index (χ1n) is 8.80. The average molecular weight is 339 g/mol. The number of ether oxygens (including phenoxy) is 2. The summed E-state index contributed by atoms with van der Waals surface area (Å²) in [6, 6.07) is 13.5. The number of carbonyl (C=O) groups excluding carboxylic acids is 1. The Morgan fingerprint density at radius 3 is 2.72 bits per heavy atom. The van der Waals surface area contributed by atoms with Crippen LogP contribution in [-0.2, 0) is 6.42 Å². The molecule has 0 aliphatic carbocycles. The van der Waals surface area contributed by atoms with Gasteiger partial charge in [0.05, 0.1) is 13.7 Å². The van der Waals surface area contributed by atoms with Crippen LogP contribution in [0, 0.1) is 5.92 Å². The van der Waals surface area contributed by atoms with Crippen molar-refractivity contribution in [2.24, 2.45) is 5.92 Å². The molecule has 4 heteroatoms. The summed E-state index contributed by atoms with van der Waals surface area (Å²) < 4.78 is 11.2. The van der Waals surface area contributed by atoms with E-state index >= 15 is 0 Å². The van der Waals surface area contributed by atoms with Crippen LogP contribution in [0.3, 0.4) is 0 Å². The van der Waals surface area contributed by atoms with E-state index in [1.165, 1.54) is 5.56 Å². The quantitative estimate of drug-likeness (QED) is 0.786. The predicted octanol–water partition coefficient (Wildman–Crippen LogP) is 4.32. The van der Waals surface area contributed by atoms with Crippen LogP contribution in [-0.4, -0.2) is 26.2 Å². The number of benzene rings is 2. The maximum atomic E-state index is 12.9. The van der Waals surface area contributed by atoms with Crippen molar-refractivity contribution in [1.82, 2.24) is 0 Å². The molecule has 0 atom stereocenters. The molecule has 1 aliphatic heterocycles. The Kier molecular flexibility index (Phi) is 5.27. The van der Waals surface area contributed by atoms with Gasteiger partial charge in [0, 0.05) is 17.8 Å². The monoisotopic (exact) mass is 339 g/mol. The van der Waals surface area contributed by atoms with E-state index < -0.39 is 0 Å². The summed E-state index contributed by atoms with van der Waals surface area (Å²) in [5.41, 5.74) is 2.84. The molecule has 3 rings (SSSR count). The van der Waals surface area contributed by atoms with Crippen LogP contribution in [0.25, 0.3) is 0 Å². The van der Waals surface area contributed by atoms with E-state index in [0.29, 0.717) is 36.1 Å². The van der Waals surface area contributed by atoms with Crippen molar-refractivity contribution in [2.45, 2.75) is 26.7 Å². The smallest absolute Gasteiger partial charge is 0.258 e. The molecule has 0 bridgehead atoms. The van der Waals surface area contributed by atoms with Gasteiger partial charge in [-0.25, -0.2) is 0 Å². The molecular weight excluding hydrogens is 314 g/mol. The van der Waals surface area contributed by atoms with E-state index in [1.54, 1.807) is 13.2 Å². The lowest BCUT2D eigenvalue weighted by molar-refractivity contribution is 0.0989. The number of hydrogen-bond acceptors (Lipinski definition) is 3. The molecule has 0 aromatic heterocycles. The second-order valence-electron chi connectivity index (χ2n) is 6.73. The Labute approximate surface area is 149 Å². The Morgan fingerprint density at radius 2 is 1.96 bits per heavy atom. The zero-order chi connectivity index (χ0) is 17.8. The van der Waals surface area contributed by atoms with Crippen LogP contribution in [0.2, 0.25) is 0 Å². The highest BCUT2D eigenvalue weighted by molar-refractivity contribution is 6.07. The van der Waals surface area contributed by atoms with Crippen molar-refractivity contribution in [2.75, 3.05) is 25.2 Å². The second-order valence-corrected chi connectivity index (χ2v) is 6.73. The second kappa shape index (κ2) is 7.60. The average Bonchev–Trinajstić information content (AvgIpc) is 3.05. The van der Waals surface area contributed by atoms with Gasteiger partial charge in [-0.2, -0.15) is 0 Å². The molecule has 1 heterocycles. The van der Waals surface area contributed by atoms with Crippen molar-refractivity contribution < 1.29 is 14.3 Å². The number of carbonyl (C=O) groups is 1. The normalized spacial score (nSPS) is 13.0. The fraction of sp³-hybridized carbons (Fsp3) is 0.381. The summed E-state index contributed by atoms with van der Waals surface area (Å²) in [5, 5.41) is 0. The molecule has 132 valence electrons. The number of methoxy groups -OCH3 is 1. The number of nitrogens with zero attached hydrogens (tertiary/aromatic N) is 1. The SMILES string of the molecule is COc1cc(C(=O)N2CCc3ccccc32)ccc1OCCC(C)C. The molecular formula is C21H25NO3. The third kappa shape index (κ3) is 3.78. The van der Waals surface area contributed by atoms with Crippen molar-refractivity contribution in [1.29, 1.82) is 0 Å². The van der Waals surface area contributed by atoms with Gasteiger partial charge in [0.15, 0.2) is 11.5 Å². The first-order valence-corrected chi connectivity index (χ1v) is 8.80. The summed E-state index contributed by atoms with van der Waals surface area (Å²) in [7, 11) is 1.60. The van der Waals surface area contributed by atoms with Crippen LogP contribution in [0.5, 0.6) is 11.5 Å². The van der Waals surface area contributed by atoms with E-state index in [-0.39, 0.29) is 5.91 Å². The minimum Gasteiger partial charge on any atom is -0.493 e. The van der Waals surface area contributed by atoms with E-state index in [9.17, 15) is 4.79 Å². The van der Waals surface area contributed by atoms with Gasteiger partial charge in [-0.1, -0.05) is 32.0 Å². The Hall–Kier alpha value is -2.49. The highest BCUT2D eigenvalue weighted by Crippen LogP contribution is 2.32. The van der Waals surface area contributed by atoms with Crippen LogP contribution >= 0.6 is 0 Å². The third-order valence-electron chi connectivity index (χ3n) is 4.50. The topological polar surface area (TPSA) is 38.8 Å². The standard InChI is InChI=1S/C21H25NO3/c1-15(2)11-13-25-19-9-8-17(14-20(19)24-3)21(23)22-12-10-16-6-4-5-7-18(16)22/h4-9,14-15H,10-13H2,1-3H3. The number of hydrogen-bond donors (Lipinski definition) is 0. The summed E-state index contributed by atoms with van der Waals surface area (Å²) in [6.45, 7) is 5.68. The van der Waals surface area contributed by atoms with E-state index in [1.807, 2.05) is 35.2 Å². The van der Waals surface area contributed by atoms with Crippen molar-refractivity contribution in [3.8, 4) is 11.5 Å². The number of anilines is 1. The lowest BCUT2D eigenvalue weighted by Gasteiger charge is -2.18. The first kappa shape index (κ1) is 17.3. The summed E-state index contributed by atoms with van der Waals surface area (Å²) in [5.74, 6) is 1.86. The molecule has 0 saturated heterocycles. The number of rotatable bonds is 6. The van der Waals surface area contributed by atoms with Gasteiger partial charge in [0.2, 0.25) is 0 Å². The Bertz CT molecular complexity index is 755. The van der Waals surface area contributed by atoms with Crippen LogP contribution in [0.1, 0.15) is 36.2 Å². The molecule has 0 fully saturated rings. The molecule has 1 amide bonds. The molecule has 2 aromatic rings. The van der Waals surface area contributed by atoms with Gasteiger partial charge < -0.3 is 14.4 Å². The molecule has 0 N–H and O–H groups in total. The van der Waals surface area contributed by atoms with Gasteiger partial charge >= 0.3 is 0 Å². The van der Waals surface area contributed by atoms with Crippen molar-refractivity contribution >= 4 is 11.6 Å². The molecule has 0 radical (unpaired) electrons. The van der Waals surface area contributed by atoms with E-state index in [0.717, 1.165) is 18.5 Å². The van der Waals surface area contributed by atoms with Gasteiger partial charge in [-0.3, -0.25) is 4.79 Å². The highest BCUT2D eigenvalue weighted by Gasteiger charge is 2.25. The van der Waals surface area contributed by atoms with Crippen LogP contribution in [0.15, 0.2) is 42.5 Å². The molecule has 2 aromatic carbocycles. The molecule has 0 saturated carbocycles. The predicted molar refractivity (Wildman–Crippen MR) is 99.8 cm³/mol. The summed E-state index contributed by atoms with van der Waals surface area (Å²) >= 11 is 0. The lowest BCUT2D eigenvalue weighted by Crippen LogP contribution is -2.28. The molecule has 25 heavy (non-hydrogen) atoms. The van der Waals surface area contributed by atoms with Gasteiger partial charge in [-0.05, 0) is 48.6 Å². The molecule has 0 unspecified atom stereocenters. The molecule has 0 spiro atoms.